The molecule has 1 amide bonds. The molecule has 0 aromatic heterocycles. The molecule has 0 aromatic rings. The first-order valence-electron chi connectivity index (χ1n) is 5.33. The van der Waals surface area contributed by atoms with Crippen molar-refractivity contribution in [2.24, 2.45) is 5.92 Å². The molecule has 0 saturated carbocycles. The van der Waals surface area contributed by atoms with Crippen LogP contribution in [-0.4, -0.2) is 25.0 Å². The van der Waals surface area contributed by atoms with Gasteiger partial charge in [0.25, 0.3) is 0 Å². The average molecular weight is 200 g/mol. The second kappa shape index (κ2) is 6.02. The Morgan fingerprint density at radius 2 is 1.93 bits per heavy atom. The van der Waals surface area contributed by atoms with E-state index in [1.54, 1.807) is 7.05 Å². The van der Waals surface area contributed by atoms with Crippen molar-refractivity contribution < 1.29 is 4.79 Å². The van der Waals surface area contributed by atoms with Crippen LogP contribution in [-0.2, 0) is 4.79 Å². The predicted octanol–water partition coefficient (Wildman–Crippen LogP) is 1.54. The zero-order chi connectivity index (χ0) is 11.2. The molecule has 0 aromatic carbocycles. The van der Waals surface area contributed by atoms with E-state index in [0.717, 1.165) is 12.8 Å². The Morgan fingerprint density at radius 1 is 1.36 bits per heavy atom. The van der Waals surface area contributed by atoms with Gasteiger partial charge in [-0.25, -0.2) is 0 Å². The highest BCUT2D eigenvalue weighted by atomic mass is 16.2. The molecule has 3 heteroatoms. The lowest BCUT2D eigenvalue weighted by molar-refractivity contribution is -0.121. The lowest BCUT2D eigenvalue weighted by atomic mass is 9.94. The fourth-order valence-corrected chi connectivity index (χ4v) is 1.29. The molecule has 14 heavy (non-hydrogen) atoms. The summed E-state index contributed by atoms with van der Waals surface area (Å²) < 4.78 is 0. The first-order chi connectivity index (χ1) is 6.37. The molecule has 0 atom stereocenters. The van der Waals surface area contributed by atoms with Gasteiger partial charge in [-0.15, -0.1) is 0 Å². The summed E-state index contributed by atoms with van der Waals surface area (Å²) in [6.45, 7) is 8.94. The van der Waals surface area contributed by atoms with E-state index >= 15 is 0 Å². The number of nitrogens with one attached hydrogen (secondary N) is 2. The molecule has 84 valence electrons. The minimum Gasteiger partial charge on any atom is -0.350 e. The number of rotatable bonds is 6. The van der Waals surface area contributed by atoms with Crippen LogP contribution in [0.5, 0.6) is 0 Å². The number of likely N-dealkylation sites (N-methyl/N-ethyl adjacent to an activating group) is 1. The highest BCUT2D eigenvalue weighted by Crippen LogP contribution is 2.15. The third-order valence-corrected chi connectivity index (χ3v) is 2.16. The molecule has 0 unspecified atom stereocenters. The lowest BCUT2D eigenvalue weighted by Crippen LogP contribution is -2.46. The van der Waals surface area contributed by atoms with Crippen LogP contribution in [0.25, 0.3) is 0 Å². The van der Waals surface area contributed by atoms with Crippen LogP contribution in [0.2, 0.25) is 0 Å². The van der Waals surface area contributed by atoms with E-state index in [0.29, 0.717) is 12.5 Å². The van der Waals surface area contributed by atoms with Gasteiger partial charge in [0.1, 0.15) is 0 Å². The molecule has 0 heterocycles. The first kappa shape index (κ1) is 13.4. The topological polar surface area (TPSA) is 41.1 Å². The second-order valence-electron chi connectivity index (χ2n) is 4.89. The molecule has 0 aliphatic carbocycles. The van der Waals surface area contributed by atoms with Gasteiger partial charge in [-0.2, -0.15) is 0 Å². The SMILES string of the molecule is CNCC(=O)NC(C)(C)CCC(C)C. The Bertz CT molecular complexity index is 176. The lowest BCUT2D eigenvalue weighted by Gasteiger charge is -2.27. The molecule has 2 N–H and O–H groups in total. The molecule has 0 spiro atoms. The van der Waals surface area contributed by atoms with E-state index in [4.69, 9.17) is 0 Å². The van der Waals surface area contributed by atoms with Gasteiger partial charge in [0, 0.05) is 5.54 Å². The molecule has 0 bridgehead atoms. The van der Waals surface area contributed by atoms with Crippen LogP contribution in [0.15, 0.2) is 0 Å². The van der Waals surface area contributed by atoms with Gasteiger partial charge in [-0.1, -0.05) is 13.8 Å². The minimum absolute atomic E-state index is 0.0706. The van der Waals surface area contributed by atoms with Crippen molar-refractivity contribution in [1.82, 2.24) is 10.6 Å². The molecule has 0 aliphatic heterocycles. The van der Waals surface area contributed by atoms with Crippen LogP contribution in [0.4, 0.5) is 0 Å². The van der Waals surface area contributed by atoms with Gasteiger partial charge in [0.05, 0.1) is 6.54 Å². The molecular formula is C11H24N2O. The van der Waals surface area contributed by atoms with Crippen LogP contribution in [0.1, 0.15) is 40.5 Å². The van der Waals surface area contributed by atoms with Gasteiger partial charge in [-0.3, -0.25) is 4.79 Å². The Morgan fingerprint density at radius 3 is 2.36 bits per heavy atom. The number of hydrogen-bond donors (Lipinski definition) is 2. The molecule has 0 aliphatic rings. The van der Waals surface area contributed by atoms with Crippen LogP contribution in [0, 0.1) is 5.92 Å². The quantitative estimate of drug-likeness (QED) is 0.683. The van der Waals surface area contributed by atoms with E-state index in [9.17, 15) is 4.79 Å². The first-order valence-corrected chi connectivity index (χ1v) is 5.33. The van der Waals surface area contributed by atoms with Gasteiger partial charge >= 0.3 is 0 Å². The predicted molar refractivity (Wildman–Crippen MR) is 60.2 cm³/mol. The fourth-order valence-electron chi connectivity index (χ4n) is 1.29. The Hall–Kier alpha value is -0.570. The molecular weight excluding hydrogens is 176 g/mol. The Labute approximate surface area is 87.6 Å². The molecule has 3 nitrogen and oxygen atoms in total. The van der Waals surface area contributed by atoms with Gasteiger partial charge in [0.2, 0.25) is 5.91 Å². The van der Waals surface area contributed by atoms with E-state index in [2.05, 4.69) is 38.3 Å². The van der Waals surface area contributed by atoms with Gasteiger partial charge < -0.3 is 10.6 Å². The summed E-state index contributed by atoms with van der Waals surface area (Å²) in [4.78, 5) is 11.3. The summed E-state index contributed by atoms with van der Waals surface area (Å²) in [5, 5.41) is 5.85. The van der Waals surface area contributed by atoms with Gasteiger partial charge in [-0.05, 0) is 39.7 Å². The largest absolute Gasteiger partial charge is 0.350 e. The number of hydrogen-bond acceptors (Lipinski definition) is 2. The smallest absolute Gasteiger partial charge is 0.234 e. The van der Waals surface area contributed by atoms with Crippen LogP contribution < -0.4 is 10.6 Å². The maximum absolute atomic E-state index is 11.3. The molecule has 0 radical (unpaired) electrons. The summed E-state index contributed by atoms with van der Waals surface area (Å²) in [6.07, 6.45) is 2.17. The van der Waals surface area contributed by atoms with E-state index in [1.807, 2.05) is 0 Å². The highest BCUT2D eigenvalue weighted by molar-refractivity contribution is 5.78. The molecule has 0 rings (SSSR count). The van der Waals surface area contributed by atoms with E-state index in [1.165, 1.54) is 0 Å². The zero-order valence-electron chi connectivity index (χ0n) is 10.1. The van der Waals surface area contributed by atoms with Crippen molar-refractivity contribution in [1.29, 1.82) is 0 Å². The third kappa shape index (κ3) is 6.89. The standard InChI is InChI=1S/C11H24N2O/c1-9(2)6-7-11(3,4)13-10(14)8-12-5/h9,12H,6-8H2,1-5H3,(H,13,14). The van der Waals surface area contributed by atoms with Crippen LogP contribution >= 0.6 is 0 Å². The number of carbonyl (C=O) groups is 1. The van der Waals surface area contributed by atoms with Crippen LogP contribution in [0.3, 0.4) is 0 Å². The zero-order valence-corrected chi connectivity index (χ0v) is 10.1. The minimum atomic E-state index is -0.0851. The van der Waals surface area contributed by atoms with E-state index in [-0.39, 0.29) is 11.4 Å². The molecule has 0 saturated heterocycles. The van der Waals surface area contributed by atoms with Gasteiger partial charge in [0.15, 0.2) is 0 Å². The summed E-state index contributed by atoms with van der Waals surface area (Å²) in [5.74, 6) is 0.761. The summed E-state index contributed by atoms with van der Waals surface area (Å²) >= 11 is 0. The average Bonchev–Trinajstić information content (AvgIpc) is 2.00. The maximum Gasteiger partial charge on any atom is 0.234 e. The van der Waals surface area contributed by atoms with Crippen molar-refractivity contribution in [2.75, 3.05) is 13.6 Å². The van der Waals surface area contributed by atoms with Crippen molar-refractivity contribution >= 4 is 5.91 Å². The third-order valence-electron chi connectivity index (χ3n) is 2.16. The summed E-state index contributed by atoms with van der Waals surface area (Å²) in [7, 11) is 1.78. The van der Waals surface area contributed by atoms with Crippen molar-refractivity contribution in [3.63, 3.8) is 0 Å². The summed E-state index contributed by atoms with van der Waals surface area (Å²) in [6, 6.07) is 0. The van der Waals surface area contributed by atoms with Crippen molar-refractivity contribution in [3.8, 4) is 0 Å². The molecule has 0 fully saturated rings. The monoisotopic (exact) mass is 200 g/mol. The summed E-state index contributed by atoms with van der Waals surface area (Å²) in [5.41, 5.74) is -0.0851. The maximum atomic E-state index is 11.3. The number of carbonyl (C=O) groups excluding carboxylic acids is 1. The van der Waals surface area contributed by atoms with Crippen molar-refractivity contribution in [2.45, 2.75) is 46.1 Å². The fraction of sp³-hybridized carbons (Fsp3) is 0.909. The second-order valence-corrected chi connectivity index (χ2v) is 4.89. The highest BCUT2D eigenvalue weighted by Gasteiger charge is 2.19. The van der Waals surface area contributed by atoms with E-state index < -0.39 is 0 Å². The Kier molecular flexibility index (Phi) is 5.77. The normalized spacial score (nSPS) is 11.9. The number of amides is 1. The van der Waals surface area contributed by atoms with Crippen molar-refractivity contribution in [3.05, 3.63) is 0 Å². The Balaban J connectivity index is 3.87.